The van der Waals surface area contributed by atoms with Gasteiger partial charge in [0.2, 0.25) is 0 Å². The third-order valence-corrected chi connectivity index (χ3v) is 3.92. The standard InChI is InChI=1S/C15H21N5O2/c1-11(9-20-5-2-4-18-20)7-16-15(21)13-8-17-19-14(13)12-3-6-22-10-12/h2,4-5,8,11-12H,3,6-7,9-10H2,1H3,(H,16,21)(H,17,19)/t11-,12-/m1/s1. The highest BCUT2D eigenvalue weighted by Gasteiger charge is 2.25. The molecule has 3 rings (SSSR count). The van der Waals surface area contributed by atoms with Crippen LogP contribution in [0.3, 0.4) is 0 Å². The SMILES string of the molecule is C[C@H](CNC(=O)c1cn[nH]c1[C@@H]1CCOC1)Cn1cccn1. The van der Waals surface area contributed by atoms with Crippen molar-refractivity contribution in [1.29, 1.82) is 0 Å². The van der Waals surface area contributed by atoms with Crippen molar-refractivity contribution in [1.82, 2.24) is 25.3 Å². The van der Waals surface area contributed by atoms with Crippen LogP contribution in [0, 0.1) is 5.92 Å². The highest BCUT2D eigenvalue weighted by atomic mass is 16.5. The minimum Gasteiger partial charge on any atom is -0.381 e. The number of H-pyrrole nitrogens is 1. The Hall–Kier alpha value is -2.15. The number of hydrogen-bond acceptors (Lipinski definition) is 4. The molecule has 1 saturated heterocycles. The van der Waals surface area contributed by atoms with Crippen LogP contribution >= 0.6 is 0 Å². The van der Waals surface area contributed by atoms with Gasteiger partial charge in [0, 0.05) is 38.0 Å². The number of nitrogens with one attached hydrogen (secondary N) is 2. The van der Waals surface area contributed by atoms with Gasteiger partial charge in [0.05, 0.1) is 24.1 Å². The molecule has 0 bridgehead atoms. The molecule has 3 heterocycles. The molecular formula is C15H21N5O2. The number of amides is 1. The van der Waals surface area contributed by atoms with Crippen molar-refractivity contribution in [2.75, 3.05) is 19.8 Å². The Morgan fingerprint density at radius 2 is 2.55 bits per heavy atom. The lowest BCUT2D eigenvalue weighted by atomic mass is 10.0. The zero-order chi connectivity index (χ0) is 15.4. The number of carbonyl (C=O) groups excluding carboxylic acids is 1. The monoisotopic (exact) mass is 303 g/mol. The van der Waals surface area contributed by atoms with E-state index >= 15 is 0 Å². The van der Waals surface area contributed by atoms with Crippen molar-refractivity contribution in [3.05, 3.63) is 35.9 Å². The van der Waals surface area contributed by atoms with Gasteiger partial charge in [-0.2, -0.15) is 10.2 Å². The summed E-state index contributed by atoms with van der Waals surface area (Å²) in [5, 5.41) is 14.1. The van der Waals surface area contributed by atoms with Crippen molar-refractivity contribution in [2.24, 2.45) is 5.92 Å². The second-order valence-corrected chi connectivity index (χ2v) is 5.80. The fourth-order valence-electron chi connectivity index (χ4n) is 2.70. The van der Waals surface area contributed by atoms with E-state index in [2.05, 4.69) is 27.5 Å². The van der Waals surface area contributed by atoms with Gasteiger partial charge in [-0.15, -0.1) is 0 Å². The van der Waals surface area contributed by atoms with Crippen molar-refractivity contribution in [3.63, 3.8) is 0 Å². The van der Waals surface area contributed by atoms with E-state index < -0.39 is 0 Å². The summed E-state index contributed by atoms with van der Waals surface area (Å²) >= 11 is 0. The Morgan fingerprint density at radius 1 is 1.64 bits per heavy atom. The van der Waals surface area contributed by atoms with E-state index in [4.69, 9.17) is 4.74 Å². The Bertz CT molecular complexity index is 601. The summed E-state index contributed by atoms with van der Waals surface area (Å²) in [5.41, 5.74) is 1.51. The molecular weight excluding hydrogens is 282 g/mol. The minimum absolute atomic E-state index is 0.0806. The summed E-state index contributed by atoms with van der Waals surface area (Å²) in [5.74, 6) is 0.460. The molecule has 2 aromatic heterocycles. The molecule has 7 nitrogen and oxygen atoms in total. The quantitative estimate of drug-likeness (QED) is 0.839. The summed E-state index contributed by atoms with van der Waals surface area (Å²) in [6, 6.07) is 1.90. The fraction of sp³-hybridized carbons (Fsp3) is 0.533. The molecule has 0 aromatic carbocycles. The minimum atomic E-state index is -0.0806. The van der Waals surface area contributed by atoms with Gasteiger partial charge in [-0.05, 0) is 18.4 Å². The van der Waals surface area contributed by atoms with Crippen LogP contribution in [-0.4, -0.2) is 45.6 Å². The van der Waals surface area contributed by atoms with Crippen molar-refractivity contribution in [3.8, 4) is 0 Å². The smallest absolute Gasteiger partial charge is 0.254 e. The molecule has 2 N–H and O–H groups in total. The number of aromatic nitrogens is 4. The van der Waals surface area contributed by atoms with Gasteiger partial charge in [0.25, 0.3) is 5.91 Å². The first-order valence-corrected chi connectivity index (χ1v) is 7.60. The number of carbonyl (C=O) groups is 1. The van der Waals surface area contributed by atoms with Crippen molar-refractivity contribution < 1.29 is 9.53 Å². The summed E-state index contributed by atoms with van der Waals surface area (Å²) in [6.07, 6.45) is 6.21. The number of nitrogens with zero attached hydrogens (tertiary/aromatic N) is 3. The first-order valence-electron chi connectivity index (χ1n) is 7.60. The molecule has 1 amide bonds. The zero-order valence-electron chi connectivity index (χ0n) is 12.7. The van der Waals surface area contributed by atoms with E-state index in [0.717, 1.165) is 25.3 Å². The molecule has 1 aliphatic heterocycles. The average Bonchev–Trinajstić information content (AvgIpc) is 3.23. The van der Waals surface area contributed by atoms with Gasteiger partial charge >= 0.3 is 0 Å². The fourth-order valence-corrected chi connectivity index (χ4v) is 2.70. The predicted octanol–water partition coefficient (Wildman–Crippen LogP) is 1.18. The number of hydrogen-bond donors (Lipinski definition) is 2. The molecule has 7 heteroatoms. The molecule has 0 spiro atoms. The van der Waals surface area contributed by atoms with Gasteiger partial charge in [-0.3, -0.25) is 14.6 Å². The Labute approximate surface area is 129 Å². The van der Waals surface area contributed by atoms with E-state index in [1.165, 1.54) is 0 Å². The van der Waals surface area contributed by atoms with Crippen LogP contribution in [0.5, 0.6) is 0 Å². The van der Waals surface area contributed by atoms with Crippen LogP contribution in [0.4, 0.5) is 0 Å². The van der Waals surface area contributed by atoms with Gasteiger partial charge in [-0.25, -0.2) is 0 Å². The molecule has 0 unspecified atom stereocenters. The summed E-state index contributed by atoms with van der Waals surface area (Å²) in [6.45, 7) is 4.86. The Balaban J connectivity index is 1.54. The van der Waals surface area contributed by atoms with E-state index in [0.29, 0.717) is 24.6 Å². The molecule has 118 valence electrons. The van der Waals surface area contributed by atoms with Gasteiger partial charge in [0.15, 0.2) is 0 Å². The predicted molar refractivity (Wildman–Crippen MR) is 80.5 cm³/mol. The molecule has 22 heavy (non-hydrogen) atoms. The molecule has 0 saturated carbocycles. The average molecular weight is 303 g/mol. The number of ether oxygens (including phenoxy) is 1. The molecule has 1 aliphatic rings. The van der Waals surface area contributed by atoms with Gasteiger partial charge in [-0.1, -0.05) is 6.92 Å². The molecule has 0 radical (unpaired) electrons. The highest BCUT2D eigenvalue weighted by molar-refractivity contribution is 5.95. The Morgan fingerprint density at radius 3 is 3.27 bits per heavy atom. The highest BCUT2D eigenvalue weighted by Crippen LogP contribution is 2.25. The van der Waals surface area contributed by atoms with E-state index in [-0.39, 0.29) is 11.8 Å². The maximum Gasteiger partial charge on any atom is 0.254 e. The van der Waals surface area contributed by atoms with Crippen molar-refractivity contribution in [2.45, 2.75) is 25.8 Å². The van der Waals surface area contributed by atoms with Gasteiger partial charge < -0.3 is 10.1 Å². The topological polar surface area (TPSA) is 84.8 Å². The lowest BCUT2D eigenvalue weighted by molar-refractivity contribution is 0.0945. The summed E-state index contributed by atoms with van der Waals surface area (Å²) < 4.78 is 7.25. The maximum atomic E-state index is 12.4. The van der Waals surface area contributed by atoms with Crippen LogP contribution in [-0.2, 0) is 11.3 Å². The first kappa shape index (κ1) is 14.8. The van der Waals surface area contributed by atoms with Crippen LogP contribution in [0.15, 0.2) is 24.7 Å². The second kappa shape index (κ2) is 6.74. The van der Waals surface area contributed by atoms with Crippen LogP contribution in [0.25, 0.3) is 0 Å². The van der Waals surface area contributed by atoms with Gasteiger partial charge in [0.1, 0.15) is 0 Å². The van der Waals surface area contributed by atoms with Crippen LogP contribution in [0.1, 0.15) is 35.3 Å². The number of aromatic amines is 1. The second-order valence-electron chi connectivity index (χ2n) is 5.80. The molecule has 2 aromatic rings. The molecule has 0 aliphatic carbocycles. The largest absolute Gasteiger partial charge is 0.381 e. The third-order valence-electron chi connectivity index (χ3n) is 3.92. The normalized spacial score (nSPS) is 19.2. The number of rotatable bonds is 6. The van der Waals surface area contributed by atoms with Crippen LogP contribution < -0.4 is 5.32 Å². The summed E-state index contributed by atoms with van der Waals surface area (Å²) in [7, 11) is 0. The van der Waals surface area contributed by atoms with Crippen molar-refractivity contribution >= 4 is 5.91 Å². The summed E-state index contributed by atoms with van der Waals surface area (Å²) in [4.78, 5) is 12.4. The maximum absolute atomic E-state index is 12.4. The van der Waals surface area contributed by atoms with Crippen LogP contribution in [0.2, 0.25) is 0 Å². The first-order chi connectivity index (χ1) is 10.7. The molecule has 2 atom stereocenters. The zero-order valence-corrected chi connectivity index (χ0v) is 12.7. The third kappa shape index (κ3) is 3.36. The van der Waals surface area contributed by atoms with E-state index in [9.17, 15) is 4.79 Å². The lowest BCUT2D eigenvalue weighted by Crippen LogP contribution is -2.30. The molecule has 1 fully saturated rings. The van der Waals surface area contributed by atoms with E-state index in [1.54, 1.807) is 12.4 Å². The lowest BCUT2D eigenvalue weighted by Gasteiger charge is -2.13. The van der Waals surface area contributed by atoms with E-state index in [1.807, 2.05) is 16.9 Å². The Kier molecular flexibility index (Phi) is 4.53.